The van der Waals surface area contributed by atoms with Gasteiger partial charge in [-0.1, -0.05) is 29.8 Å². The molecule has 0 spiro atoms. The second kappa shape index (κ2) is 7.09. The summed E-state index contributed by atoms with van der Waals surface area (Å²) >= 11 is 3.51. The zero-order valence-corrected chi connectivity index (χ0v) is 14.5. The van der Waals surface area contributed by atoms with Crippen LogP contribution in [-0.2, 0) is 6.54 Å². The topological polar surface area (TPSA) is 39.1 Å². The van der Waals surface area contributed by atoms with E-state index in [1.807, 2.05) is 23.0 Å². The number of hydrogen-bond acceptors (Lipinski definition) is 3. The van der Waals surface area contributed by atoms with E-state index in [-0.39, 0.29) is 0 Å². The molecule has 0 aliphatic rings. The van der Waals surface area contributed by atoms with Crippen LogP contribution in [-0.4, -0.2) is 15.8 Å². The number of nitrogens with zero attached hydrogens (tertiary/aromatic N) is 2. The van der Waals surface area contributed by atoms with E-state index in [9.17, 15) is 0 Å². The molecule has 2 rings (SSSR count). The molecule has 5 heteroatoms. The normalized spacial score (nSPS) is 11.4. The van der Waals surface area contributed by atoms with E-state index in [4.69, 9.17) is 4.74 Å². The molecule has 1 aromatic carbocycles. The van der Waals surface area contributed by atoms with Gasteiger partial charge in [-0.25, -0.2) is 0 Å². The average Bonchev–Trinajstić information content (AvgIpc) is 2.87. The molecule has 0 fully saturated rings. The summed E-state index contributed by atoms with van der Waals surface area (Å²) in [6, 6.07) is 6.81. The monoisotopic (exact) mass is 351 g/mol. The Balaban J connectivity index is 2.17. The van der Waals surface area contributed by atoms with E-state index in [1.54, 1.807) is 6.20 Å². The fourth-order valence-corrected chi connectivity index (χ4v) is 2.29. The van der Waals surface area contributed by atoms with Gasteiger partial charge in [0.1, 0.15) is 5.75 Å². The lowest BCUT2D eigenvalue weighted by atomic mass is 10.2. The molecule has 0 unspecified atom stereocenters. The number of nitrogens with one attached hydrogen (secondary N) is 1. The molecule has 0 aliphatic heterocycles. The van der Waals surface area contributed by atoms with Crippen LogP contribution in [0.1, 0.15) is 39.3 Å². The molecule has 1 heterocycles. The van der Waals surface area contributed by atoms with E-state index in [1.165, 1.54) is 0 Å². The van der Waals surface area contributed by atoms with Crippen molar-refractivity contribution in [2.75, 3.05) is 0 Å². The van der Waals surface area contributed by atoms with E-state index < -0.39 is 0 Å². The second-order valence-corrected chi connectivity index (χ2v) is 6.56. The van der Waals surface area contributed by atoms with Gasteiger partial charge in [-0.3, -0.25) is 4.68 Å². The molecule has 4 nitrogen and oxygen atoms in total. The van der Waals surface area contributed by atoms with Gasteiger partial charge < -0.3 is 10.1 Å². The number of ether oxygens (including phenoxy) is 1. The van der Waals surface area contributed by atoms with Crippen LogP contribution in [0, 0.1) is 0 Å². The van der Waals surface area contributed by atoms with Crippen LogP contribution in [0.15, 0.2) is 35.1 Å². The number of benzene rings is 1. The first-order valence-corrected chi connectivity index (χ1v) is 7.99. The summed E-state index contributed by atoms with van der Waals surface area (Å²) in [5.74, 6) is 1.62. The zero-order valence-electron chi connectivity index (χ0n) is 12.9. The summed E-state index contributed by atoms with van der Waals surface area (Å²) in [4.78, 5) is 0. The molecule has 2 aromatic rings. The molecule has 114 valence electrons. The quantitative estimate of drug-likeness (QED) is 0.831. The minimum Gasteiger partial charge on any atom is -0.454 e. The van der Waals surface area contributed by atoms with Crippen LogP contribution in [0.3, 0.4) is 0 Å². The van der Waals surface area contributed by atoms with E-state index in [0.29, 0.717) is 12.1 Å². The van der Waals surface area contributed by atoms with Gasteiger partial charge in [-0.05, 0) is 32.0 Å². The van der Waals surface area contributed by atoms with Crippen LogP contribution >= 0.6 is 15.9 Å². The fourth-order valence-electron chi connectivity index (χ4n) is 1.88. The highest BCUT2D eigenvalue weighted by atomic mass is 79.9. The Kier molecular flexibility index (Phi) is 5.42. The van der Waals surface area contributed by atoms with Crippen LogP contribution in [0.5, 0.6) is 11.5 Å². The van der Waals surface area contributed by atoms with E-state index >= 15 is 0 Å². The van der Waals surface area contributed by atoms with Gasteiger partial charge in [0.2, 0.25) is 0 Å². The summed E-state index contributed by atoms with van der Waals surface area (Å²) in [6.45, 7) is 9.21. The molecule has 21 heavy (non-hydrogen) atoms. The van der Waals surface area contributed by atoms with Gasteiger partial charge in [0.15, 0.2) is 5.75 Å². The van der Waals surface area contributed by atoms with Crippen LogP contribution in [0.25, 0.3) is 0 Å². The minimum absolute atomic E-state index is 0.328. The average molecular weight is 352 g/mol. The molecule has 0 saturated heterocycles. The van der Waals surface area contributed by atoms with Crippen molar-refractivity contribution in [1.29, 1.82) is 0 Å². The second-order valence-electron chi connectivity index (χ2n) is 5.64. The van der Waals surface area contributed by atoms with Crippen molar-refractivity contribution in [1.82, 2.24) is 15.1 Å². The molecule has 0 atom stereocenters. The number of hydrogen-bond donors (Lipinski definition) is 1. The Labute approximate surface area is 134 Å². The highest BCUT2D eigenvalue weighted by Crippen LogP contribution is 2.28. The zero-order chi connectivity index (χ0) is 15.4. The van der Waals surface area contributed by atoms with Crippen LogP contribution in [0.2, 0.25) is 0 Å². The molecule has 0 bridgehead atoms. The molecule has 0 amide bonds. The number of aromatic nitrogens is 2. The summed E-state index contributed by atoms with van der Waals surface area (Å²) in [6.07, 6.45) is 3.67. The SMILES string of the molecule is CC(C)NCc1cc(Br)ccc1Oc1cnn(C(C)C)c1. The Bertz CT molecular complexity index is 593. The first-order chi connectivity index (χ1) is 9.95. The predicted molar refractivity (Wildman–Crippen MR) is 88.8 cm³/mol. The van der Waals surface area contributed by atoms with Crippen molar-refractivity contribution in [3.05, 3.63) is 40.6 Å². The highest BCUT2D eigenvalue weighted by Gasteiger charge is 2.09. The standard InChI is InChI=1S/C16H22BrN3O/c1-11(2)18-8-13-7-14(17)5-6-16(13)21-15-9-19-20(10-15)12(3)4/h5-7,9-12,18H,8H2,1-4H3. The summed E-state index contributed by atoms with van der Waals surface area (Å²) in [5, 5.41) is 7.72. The number of rotatable bonds is 6. The van der Waals surface area contributed by atoms with Crippen molar-refractivity contribution in [2.45, 2.75) is 46.3 Å². The predicted octanol–water partition coefficient (Wildman–Crippen LogP) is 4.52. The van der Waals surface area contributed by atoms with E-state index in [0.717, 1.165) is 28.1 Å². The fraction of sp³-hybridized carbons (Fsp3) is 0.438. The Morgan fingerprint density at radius 2 is 2.05 bits per heavy atom. The van der Waals surface area contributed by atoms with Crippen LogP contribution in [0.4, 0.5) is 0 Å². The molecule has 0 radical (unpaired) electrons. The maximum absolute atomic E-state index is 5.98. The molecular weight excluding hydrogens is 330 g/mol. The van der Waals surface area contributed by atoms with Gasteiger partial charge in [0, 0.05) is 28.7 Å². The lowest BCUT2D eigenvalue weighted by Gasteiger charge is -2.13. The minimum atomic E-state index is 0.328. The maximum Gasteiger partial charge on any atom is 0.165 e. The van der Waals surface area contributed by atoms with Crippen molar-refractivity contribution in [3.8, 4) is 11.5 Å². The molecular formula is C16H22BrN3O. The van der Waals surface area contributed by atoms with Gasteiger partial charge in [-0.2, -0.15) is 5.10 Å². The maximum atomic E-state index is 5.98. The van der Waals surface area contributed by atoms with Crippen molar-refractivity contribution in [3.63, 3.8) is 0 Å². The third kappa shape index (κ3) is 4.58. The summed E-state index contributed by atoms with van der Waals surface area (Å²) in [5.41, 5.74) is 1.12. The first kappa shape index (κ1) is 16.0. The van der Waals surface area contributed by atoms with Gasteiger partial charge in [-0.15, -0.1) is 0 Å². The van der Waals surface area contributed by atoms with Crippen LogP contribution < -0.4 is 10.1 Å². The Morgan fingerprint density at radius 3 is 2.67 bits per heavy atom. The van der Waals surface area contributed by atoms with Gasteiger partial charge in [0.05, 0.1) is 12.4 Å². The molecule has 0 aliphatic carbocycles. The van der Waals surface area contributed by atoms with Gasteiger partial charge in [0.25, 0.3) is 0 Å². The third-order valence-corrected chi connectivity index (χ3v) is 3.55. The lowest BCUT2D eigenvalue weighted by molar-refractivity contribution is 0.465. The summed E-state index contributed by atoms with van der Waals surface area (Å²) < 4.78 is 8.92. The first-order valence-electron chi connectivity index (χ1n) is 7.19. The highest BCUT2D eigenvalue weighted by molar-refractivity contribution is 9.10. The van der Waals surface area contributed by atoms with Crippen molar-refractivity contribution in [2.24, 2.45) is 0 Å². The molecule has 1 aromatic heterocycles. The molecule has 1 N–H and O–H groups in total. The number of halogens is 1. The summed E-state index contributed by atoms with van der Waals surface area (Å²) in [7, 11) is 0. The Hall–Kier alpha value is -1.33. The van der Waals surface area contributed by atoms with E-state index in [2.05, 4.69) is 60.1 Å². The van der Waals surface area contributed by atoms with Crippen molar-refractivity contribution < 1.29 is 4.74 Å². The lowest BCUT2D eigenvalue weighted by Crippen LogP contribution is -2.22. The van der Waals surface area contributed by atoms with Crippen molar-refractivity contribution >= 4 is 15.9 Å². The third-order valence-electron chi connectivity index (χ3n) is 3.06. The smallest absolute Gasteiger partial charge is 0.165 e. The largest absolute Gasteiger partial charge is 0.454 e. The Morgan fingerprint density at radius 1 is 1.29 bits per heavy atom. The van der Waals surface area contributed by atoms with Gasteiger partial charge >= 0.3 is 0 Å². The molecule has 0 saturated carbocycles.